The Labute approximate surface area is 149 Å². The van der Waals surface area contributed by atoms with E-state index in [0.29, 0.717) is 6.42 Å². The van der Waals surface area contributed by atoms with E-state index in [-0.39, 0.29) is 17.9 Å². The van der Waals surface area contributed by atoms with Crippen molar-refractivity contribution >= 4 is 11.6 Å². The Morgan fingerprint density at radius 3 is 2.76 bits per heavy atom. The van der Waals surface area contributed by atoms with Crippen LogP contribution >= 0.6 is 0 Å². The second-order valence-electron chi connectivity index (χ2n) is 7.17. The van der Waals surface area contributed by atoms with Gasteiger partial charge in [0.2, 0.25) is 5.91 Å². The van der Waals surface area contributed by atoms with Crippen molar-refractivity contribution in [3.8, 4) is 0 Å². The van der Waals surface area contributed by atoms with Gasteiger partial charge in [-0.3, -0.25) is 9.69 Å². The summed E-state index contributed by atoms with van der Waals surface area (Å²) in [5.74, 6) is -0.0991. The Bertz CT molecular complexity index is 801. The number of benzene rings is 2. The van der Waals surface area contributed by atoms with Crippen LogP contribution in [-0.4, -0.2) is 17.4 Å². The Morgan fingerprint density at radius 1 is 1.16 bits per heavy atom. The first-order chi connectivity index (χ1) is 12.2. The van der Waals surface area contributed by atoms with Crippen molar-refractivity contribution in [1.29, 1.82) is 0 Å². The van der Waals surface area contributed by atoms with Gasteiger partial charge in [0.05, 0.1) is 5.92 Å². The molecule has 1 amide bonds. The van der Waals surface area contributed by atoms with Crippen molar-refractivity contribution in [2.75, 3.05) is 11.9 Å². The van der Waals surface area contributed by atoms with Crippen LogP contribution in [0.1, 0.15) is 54.0 Å². The summed E-state index contributed by atoms with van der Waals surface area (Å²) in [6, 6.07) is 14.2. The third-order valence-electron chi connectivity index (χ3n) is 5.42. The van der Waals surface area contributed by atoms with Crippen molar-refractivity contribution < 1.29 is 4.79 Å². The minimum atomic E-state index is -0.157. The normalized spacial score (nSPS) is 21.8. The van der Waals surface area contributed by atoms with Crippen LogP contribution in [0.25, 0.3) is 0 Å². The molecule has 1 aliphatic carbocycles. The molecule has 1 heterocycles. The average Bonchev–Trinajstić information content (AvgIpc) is 3.17. The zero-order chi connectivity index (χ0) is 17.4. The number of nitrogens with one attached hydrogen (secondary N) is 1. The number of hydrogen-bond donors (Lipinski definition) is 2. The molecule has 0 bridgehead atoms. The third kappa shape index (κ3) is 2.96. The van der Waals surface area contributed by atoms with Gasteiger partial charge in [-0.2, -0.15) is 0 Å². The van der Waals surface area contributed by atoms with Crippen LogP contribution in [0.3, 0.4) is 0 Å². The van der Waals surface area contributed by atoms with Gasteiger partial charge >= 0.3 is 0 Å². The summed E-state index contributed by atoms with van der Waals surface area (Å²) < 4.78 is 0. The van der Waals surface area contributed by atoms with E-state index >= 15 is 0 Å². The molecule has 0 saturated heterocycles. The fraction of sp³-hybridized carbons (Fsp3) is 0.381. The van der Waals surface area contributed by atoms with Gasteiger partial charge in [-0.1, -0.05) is 43.3 Å². The number of anilines is 1. The minimum Gasteiger partial charge on any atom is -0.325 e. The van der Waals surface area contributed by atoms with Crippen LogP contribution in [0.5, 0.6) is 0 Å². The Morgan fingerprint density at radius 2 is 1.96 bits per heavy atom. The fourth-order valence-corrected chi connectivity index (χ4v) is 4.22. The monoisotopic (exact) mass is 335 g/mol. The number of carbonyl (C=O) groups is 1. The van der Waals surface area contributed by atoms with Gasteiger partial charge in [-0.15, -0.1) is 0 Å². The van der Waals surface area contributed by atoms with E-state index < -0.39 is 0 Å². The van der Waals surface area contributed by atoms with Crippen molar-refractivity contribution in [3.63, 3.8) is 0 Å². The molecule has 0 spiro atoms. The molecule has 130 valence electrons. The number of amides is 1. The molecular formula is C21H25N3O. The van der Waals surface area contributed by atoms with Gasteiger partial charge in [-0.05, 0) is 47.7 Å². The van der Waals surface area contributed by atoms with E-state index in [9.17, 15) is 4.79 Å². The first-order valence-corrected chi connectivity index (χ1v) is 9.15. The predicted molar refractivity (Wildman–Crippen MR) is 100 cm³/mol. The highest BCUT2D eigenvalue weighted by atomic mass is 16.1. The molecule has 2 aromatic rings. The highest BCUT2D eigenvalue weighted by Crippen LogP contribution is 2.40. The molecule has 2 aromatic carbocycles. The number of nitrogens with two attached hydrogens (primary N) is 1. The van der Waals surface area contributed by atoms with E-state index in [4.69, 9.17) is 5.73 Å². The molecule has 1 aliphatic heterocycles. The van der Waals surface area contributed by atoms with E-state index in [1.54, 1.807) is 0 Å². The van der Waals surface area contributed by atoms with Crippen LogP contribution in [-0.2, 0) is 17.9 Å². The lowest BCUT2D eigenvalue weighted by atomic mass is 10.00. The summed E-state index contributed by atoms with van der Waals surface area (Å²) in [5.41, 5.74) is 12.0. The highest BCUT2D eigenvalue weighted by molar-refractivity contribution is 5.97. The molecule has 2 atom stereocenters. The van der Waals surface area contributed by atoms with E-state index in [2.05, 4.69) is 23.2 Å². The summed E-state index contributed by atoms with van der Waals surface area (Å²) in [6.45, 7) is 5.18. The largest absolute Gasteiger partial charge is 0.325 e. The lowest BCUT2D eigenvalue weighted by molar-refractivity contribution is -0.117. The van der Waals surface area contributed by atoms with Crippen LogP contribution in [0.4, 0.5) is 5.69 Å². The maximum Gasteiger partial charge on any atom is 0.232 e. The number of nitrogens with zero attached hydrogens (tertiary/aromatic N) is 1. The standard InChI is InChI=1S/C21H25N3O/c1-2-10-24-12-14-6-5-9-20(18(14)13-24)23-21(25)17-11-19(22)16-8-4-3-7-15(16)17/h3-9,17,19H,2,10-13,22H2,1H3,(H,23,25). The van der Waals surface area contributed by atoms with Crippen molar-refractivity contribution in [3.05, 3.63) is 64.7 Å². The molecule has 4 nitrogen and oxygen atoms in total. The molecule has 4 heteroatoms. The van der Waals surface area contributed by atoms with E-state index in [0.717, 1.165) is 42.9 Å². The topological polar surface area (TPSA) is 58.4 Å². The summed E-state index contributed by atoms with van der Waals surface area (Å²) in [7, 11) is 0. The van der Waals surface area contributed by atoms with Gasteiger partial charge in [0.1, 0.15) is 0 Å². The molecule has 2 aliphatic rings. The molecule has 4 rings (SSSR count). The molecule has 0 aromatic heterocycles. The summed E-state index contributed by atoms with van der Waals surface area (Å²) in [5, 5.41) is 3.19. The highest BCUT2D eigenvalue weighted by Gasteiger charge is 2.33. The average molecular weight is 335 g/mol. The Balaban J connectivity index is 1.55. The first-order valence-electron chi connectivity index (χ1n) is 9.15. The molecule has 3 N–H and O–H groups in total. The Hall–Kier alpha value is -2.17. The Kier molecular flexibility index (Phi) is 4.32. The van der Waals surface area contributed by atoms with Gasteiger partial charge in [0.15, 0.2) is 0 Å². The van der Waals surface area contributed by atoms with Crippen LogP contribution < -0.4 is 11.1 Å². The lowest BCUT2D eigenvalue weighted by Gasteiger charge is -2.15. The maximum atomic E-state index is 12.9. The predicted octanol–water partition coefficient (Wildman–Crippen LogP) is 3.54. The van der Waals surface area contributed by atoms with Crippen LogP contribution in [0.15, 0.2) is 42.5 Å². The molecule has 2 unspecified atom stereocenters. The molecule has 25 heavy (non-hydrogen) atoms. The number of carbonyl (C=O) groups excluding carboxylic acids is 1. The molecule has 0 fully saturated rings. The lowest BCUT2D eigenvalue weighted by Crippen LogP contribution is -2.21. The third-order valence-corrected chi connectivity index (χ3v) is 5.42. The van der Waals surface area contributed by atoms with Gasteiger partial charge in [-0.25, -0.2) is 0 Å². The van der Waals surface area contributed by atoms with Crippen LogP contribution in [0, 0.1) is 0 Å². The smallest absolute Gasteiger partial charge is 0.232 e. The van der Waals surface area contributed by atoms with Gasteiger partial charge in [0, 0.05) is 24.8 Å². The van der Waals surface area contributed by atoms with Crippen molar-refractivity contribution in [1.82, 2.24) is 4.90 Å². The van der Waals surface area contributed by atoms with Crippen molar-refractivity contribution in [2.45, 2.75) is 44.8 Å². The maximum absolute atomic E-state index is 12.9. The zero-order valence-electron chi connectivity index (χ0n) is 14.7. The summed E-state index contributed by atoms with van der Waals surface area (Å²) >= 11 is 0. The molecular weight excluding hydrogens is 310 g/mol. The summed E-state index contributed by atoms with van der Waals surface area (Å²) in [6.07, 6.45) is 1.83. The quantitative estimate of drug-likeness (QED) is 0.898. The van der Waals surface area contributed by atoms with Crippen molar-refractivity contribution in [2.24, 2.45) is 5.73 Å². The first kappa shape index (κ1) is 16.3. The second kappa shape index (κ2) is 6.62. The zero-order valence-corrected chi connectivity index (χ0v) is 14.7. The molecule has 0 saturated carbocycles. The SMILES string of the molecule is CCCN1Cc2cccc(NC(=O)C3CC(N)c4ccccc43)c2C1. The van der Waals surface area contributed by atoms with Gasteiger partial charge in [0.25, 0.3) is 0 Å². The minimum absolute atomic E-state index is 0.0477. The number of rotatable bonds is 4. The van der Waals surface area contributed by atoms with Gasteiger partial charge < -0.3 is 11.1 Å². The summed E-state index contributed by atoms with van der Waals surface area (Å²) in [4.78, 5) is 15.4. The van der Waals surface area contributed by atoms with E-state index in [1.165, 1.54) is 11.1 Å². The molecule has 0 radical (unpaired) electrons. The van der Waals surface area contributed by atoms with Crippen LogP contribution in [0.2, 0.25) is 0 Å². The number of hydrogen-bond acceptors (Lipinski definition) is 3. The fourth-order valence-electron chi connectivity index (χ4n) is 4.22. The van der Waals surface area contributed by atoms with E-state index in [1.807, 2.05) is 36.4 Å². The second-order valence-corrected chi connectivity index (χ2v) is 7.17. The number of fused-ring (bicyclic) bond motifs is 2.